The predicted octanol–water partition coefficient (Wildman–Crippen LogP) is 4.07. The Morgan fingerprint density at radius 3 is 1.00 bits per heavy atom. The molecular formula is C9H13F9O3Si. The van der Waals surface area contributed by atoms with Gasteiger partial charge in [-0.15, -0.1) is 0 Å². The topological polar surface area (TPSA) is 27.7 Å². The first-order valence-electron chi connectivity index (χ1n) is 5.68. The van der Waals surface area contributed by atoms with Crippen molar-refractivity contribution in [2.45, 2.75) is 37.9 Å². The van der Waals surface area contributed by atoms with Crippen molar-refractivity contribution in [1.82, 2.24) is 0 Å². The first kappa shape index (κ1) is 21.5. The molecule has 0 aliphatic carbocycles. The van der Waals surface area contributed by atoms with Gasteiger partial charge in [0, 0.05) is 5.54 Å². The highest BCUT2D eigenvalue weighted by Crippen LogP contribution is 2.31. The molecule has 0 fully saturated rings. The summed E-state index contributed by atoms with van der Waals surface area (Å²) in [5.41, 5.74) is -1.25. The normalized spacial score (nSPS) is 14.7. The first-order chi connectivity index (χ1) is 9.56. The van der Waals surface area contributed by atoms with E-state index in [9.17, 15) is 39.5 Å². The molecule has 0 N–H and O–H groups in total. The van der Waals surface area contributed by atoms with E-state index in [1.165, 1.54) is 0 Å². The van der Waals surface area contributed by atoms with Crippen molar-refractivity contribution in [2.75, 3.05) is 19.8 Å². The molecule has 0 amide bonds. The summed E-state index contributed by atoms with van der Waals surface area (Å²) in [6.45, 7) is -4.13. The van der Waals surface area contributed by atoms with Crippen molar-refractivity contribution < 1.29 is 52.8 Å². The lowest BCUT2D eigenvalue weighted by molar-refractivity contribution is -0.195. The summed E-state index contributed by atoms with van der Waals surface area (Å²) < 4.78 is 122. The molecule has 0 aromatic carbocycles. The maximum absolute atomic E-state index is 12.1. The molecule has 0 radical (unpaired) electrons. The summed E-state index contributed by atoms with van der Waals surface area (Å²) in [4.78, 5) is 0. The Morgan fingerprint density at radius 1 is 0.636 bits per heavy atom. The van der Waals surface area contributed by atoms with Crippen LogP contribution >= 0.6 is 0 Å². The zero-order chi connectivity index (χ0) is 17.8. The minimum atomic E-state index is -4.96. The fraction of sp³-hybridized carbons (Fsp3) is 1.00. The van der Waals surface area contributed by atoms with Crippen LogP contribution in [0.25, 0.3) is 0 Å². The molecule has 0 aliphatic rings. The van der Waals surface area contributed by atoms with Crippen molar-refractivity contribution >= 4 is 8.80 Å². The van der Waals surface area contributed by atoms with E-state index in [1.54, 1.807) is 0 Å². The van der Waals surface area contributed by atoms with Gasteiger partial charge < -0.3 is 13.3 Å². The third kappa shape index (κ3) is 9.48. The van der Waals surface area contributed by atoms with E-state index in [2.05, 4.69) is 13.3 Å². The van der Waals surface area contributed by atoms with Crippen LogP contribution in [0.3, 0.4) is 0 Å². The molecule has 0 bridgehead atoms. The fourth-order valence-electron chi connectivity index (χ4n) is 1.17. The van der Waals surface area contributed by atoms with Crippen LogP contribution in [0.1, 0.15) is 13.8 Å². The molecule has 13 heteroatoms. The summed E-state index contributed by atoms with van der Waals surface area (Å²) in [7, 11) is -4.86. The molecule has 0 saturated heterocycles. The van der Waals surface area contributed by atoms with Crippen LogP contribution in [0.15, 0.2) is 0 Å². The highest BCUT2D eigenvalue weighted by Gasteiger charge is 2.52. The van der Waals surface area contributed by atoms with Gasteiger partial charge in [0.1, 0.15) is 19.8 Å². The monoisotopic (exact) mass is 368 g/mol. The van der Waals surface area contributed by atoms with Gasteiger partial charge in [-0.3, -0.25) is 0 Å². The summed E-state index contributed by atoms with van der Waals surface area (Å²) in [5, 5.41) is 0. The standard InChI is InChI=1S/C9H13F9O3Si/c1-6(2)22(19-3-7(10,11)12,20-4-8(13,14)15)21-5-9(16,17)18/h6H,3-5H2,1-2H3. The van der Waals surface area contributed by atoms with Gasteiger partial charge in [-0.1, -0.05) is 13.8 Å². The van der Waals surface area contributed by atoms with Gasteiger partial charge in [0.15, 0.2) is 0 Å². The van der Waals surface area contributed by atoms with E-state index in [4.69, 9.17) is 0 Å². The highest BCUT2D eigenvalue weighted by molar-refractivity contribution is 6.62. The molecule has 0 aromatic heterocycles. The Hall–Kier alpha value is -0.533. The summed E-state index contributed by atoms with van der Waals surface area (Å²) >= 11 is 0. The second-order valence-corrected chi connectivity index (χ2v) is 7.70. The summed E-state index contributed by atoms with van der Waals surface area (Å²) in [5.74, 6) is 0. The Morgan fingerprint density at radius 2 is 0.864 bits per heavy atom. The largest absolute Gasteiger partial charge is 0.504 e. The molecule has 3 nitrogen and oxygen atoms in total. The maximum atomic E-state index is 12.1. The van der Waals surface area contributed by atoms with Crippen molar-refractivity contribution in [3.63, 3.8) is 0 Å². The van der Waals surface area contributed by atoms with Crippen LogP contribution in [0.5, 0.6) is 0 Å². The van der Waals surface area contributed by atoms with E-state index < -0.39 is 52.7 Å². The average Bonchev–Trinajstić information content (AvgIpc) is 2.24. The second-order valence-electron chi connectivity index (χ2n) is 4.47. The number of hydrogen-bond donors (Lipinski definition) is 0. The van der Waals surface area contributed by atoms with E-state index in [1.807, 2.05) is 0 Å². The SMILES string of the molecule is CC(C)[Si](OCC(F)(F)F)(OCC(F)(F)F)OCC(F)(F)F. The van der Waals surface area contributed by atoms with Crippen LogP contribution in [0.4, 0.5) is 39.5 Å². The minimum Gasteiger partial charge on any atom is -0.364 e. The third-order valence-electron chi connectivity index (χ3n) is 2.02. The zero-order valence-electron chi connectivity index (χ0n) is 11.3. The predicted molar refractivity (Wildman–Crippen MR) is 56.9 cm³/mol. The van der Waals surface area contributed by atoms with Crippen molar-refractivity contribution in [3.05, 3.63) is 0 Å². The van der Waals surface area contributed by atoms with E-state index in [-0.39, 0.29) is 0 Å². The van der Waals surface area contributed by atoms with Crippen LogP contribution in [-0.4, -0.2) is 47.2 Å². The van der Waals surface area contributed by atoms with Crippen molar-refractivity contribution in [2.24, 2.45) is 0 Å². The maximum Gasteiger partial charge on any atom is 0.504 e. The third-order valence-corrected chi connectivity index (χ3v) is 5.07. The fourth-order valence-corrected chi connectivity index (χ4v) is 3.52. The summed E-state index contributed by atoms with van der Waals surface area (Å²) in [6, 6.07) is 0. The van der Waals surface area contributed by atoms with Gasteiger partial charge in [-0.2, -0.15) is 39.5 Å². The lowest BCUT2D eigenvalue weighted by Gasteiger charge is -2.33. The number of halogens is 9. The van der Waals surface area contributed by atoms with Crippen LogP contribution < -0.4 is 0 Å². The number of hydrogen-bond acceptors (Lipinski definition) is 3. The molecular weight excluding hydrogens is 355 g/mol. The van der Waals surface area contributed by atoms with E-state index >= 15 is 0 Å². The smallest absolute Gasteiger partial charge is 0.364 e. The van der Waals surface area contributed by atoms with E-state index in [0.29, 0.717) is 0 Å². The van der Waals surface area contributed by atoms with E-state index in [0.717, 1.165) is 13.8 Å². The van der Waals surface area contributed by atoms with Gasteiger partial charge >= 0.3 is 27.3 Å². The van der Waals surface area contributed by atoms with Gasteiger partial charge in [0.2, 0.25) is 0 Å². The number of rotatable bonds is 7. The van der Waals surface area contributed by atoms with Crippen molar-refractivity contribution in [1.29, 1.82) is 0 Å². The van der Waals surface area contributed by atoms with Crippen LogP contribution in [-0.2, 0) is 13.3 Å². The Labute approximate surface area is 120 Å². The molecule has 0 heterocycles. The molecule has 0 unspecified atom stereocenters. The van der Waals surface area contributed by atoms with Crippen molar-refractivity contribution in [3.8, 4) is 0 Å². The molecule has 134 valence electrons. The second kappa shape index (κ2) is 7.36. The Kier molecular flexibility index (Phi) is 7.18. The summed E-state index contributed by atoms with van der Waals surface area (Å²) in [6.07, 6.45) is -14.9. The Bertz CT molecular complexity index is 291. The molecule has 0 rings (SSSR count). The van der Waals surface area contributed by atoms with Crippen LogP contribution in [0, 0.1) is 0 Å². The molecule has 0 atom stereocenters. The first-order valence-corrected chi connectivity index (χ1v) is 7.49. The van der Waals surface area contributed by atoms with Gasteiger partial charge in [0.05, 0.1) is 0 Å². The minimum absolute atomic E-state index is 1.05. The van der Waals surface area contributed by atoms with Gasteiger partial charge in [-0.25, -0.2) is 0 Å². The molecule has 0 saturated carbocycles. The number of alkyl halides is 9. The quantitative estimate of drug-likeness (QED) is 0.501. The zero-order valence-corrected chi connectivity index (χ0v) is 12.3. The lowest BCUT2D eigenvalue weighted by atomic mass is 10.6. The van der Waals surface area contributed by atoms with Crippen LogP contribution in [0.2, 0.25) is 5.54 Å². The van der Waals surface area contributed by atoms with Gasteiger partial charge in [-0.05, 0) is 0 Å². The molecule has 0 spiro atoms. The lowest BCUT2D eigenvalue weighted by Crippen LogP contribution is -2.53. The molecule has 0 aromatic rings. The van der Waals surface area contributed by atoms with Gasteiger partial charge in [0.25, 0.3) is 0 Å². The highest BCUT2D eigenvalue weighted by atomic mass is 28.4. The average molecular weight is 368 g/mol. The molecule has 0 aliphatic heterocycles. The molecule has 22 heavy (non-hydrogen) atoms. The Balaban J connectivity index is 5.17.